The third kappa shape index (κ3) is 4.32. The lowest BCUT2D eigenvalue weighted by Gasteiger charge is -2.15. The van der Waals surface area contributed by atoms with Gasteiger partial charge in [0.2, 0.25) is 5.91 Å². The van der Waals surface area contributed by atoms with Crippen molar-refractivity contribution in [3.63, 3.8) is 0 Å². The third-order valence-electron chi connectivity index (χ3n) is 3.50. The van der Waals surface area contributed by atoms with E-state index in [1.54, 1.807) is 11.3 Å². The van der Waals surface area contributed by atoms with E-state index < -0.39 is 0 Å². The van der Waals surface area contributed by atoms with Gasteiger partial charge in [-0.25, -0.2) is 0 Å². The molecule has 0 bridgehead atoms. The van der Waals surface area contributed by atoms with Crippen molar-refractivity contribution in [2.24, 2.45) is 0 Å². The zero-order chi connectivity index (χ0) is 16.2. The van der Waals surface area contributed by atoms with Crippen molar-refractivity contribution in [1.82, 2.24) is 4.90 Å². The largest absolute Gasteiger partial charge is 0.325 e. The molecule has 23 heavy (non-hydrogen) atoms. The number of anilines is 1. The summed E-state index contributed by atoms with van der Waals surface area (Å²) in [5, 5.41) is 5.23. The second kappa shape index (κ2) is 7.13. The smallest absolute Gasteiger partial charge is 0.238 e. The Morgan fingerprint density at radius 2 is 1.91 bits per heavy atom. The highest BCUT2D eigenvalue weighted by atomic mass is 35.5. The third-order valence-corrected chi connectivity index (χ3v) is 4.72. The molecule has 0 aliphatic rings. The summed E-state index contributed by atoms with van der Waals surface area (Å²) in [4.78, 5) is 15.3. The minimum atomic E-state index is -0.0227. The fraction of sp³-hybridized carbons (Fsp3) is 0.167. The first-order chi connectivity index (χ1) is 11.1. The molecule has 1 amide bonds. The number of hydrogen-bond acceptors (Lipinski definition) is 3. The molecule has 3 aromatic rings. The molecule has 1 heterocycles. The fourth-order valence-electron chi connectivity index (χ4n) is 2.47. The molecular weight excluding hydrogens is 328 g/mol. The van der Waals surface area contributed by atoms with Crippen LogP contribution in [0.1, 0.15) is 4.88 Å². The van der Waals surface area contributed by atoms with Crippen LogP contribution in [0.3, 0.4) is 0 Å². The molecule has 0 atom stereocenters. The maximum Gasteiger partial charge on any atom is 0.238 e. The van der Waals surface area contributed by atoms with Gasteiger partial charge in [-0.05, 0) is 42.1 Å². The summed E-state index contributed by atoms with van der Waals surface area (Å²) in [6, 6.07) is 17.9. The van der Waals surface area contributed by atoms with E-state index in [2.05, 4.69) is 11.4 Å². The highest BCUT2D eigenvalue weighted by Crippen LogP contribution is 2.22. The lowest BCUT2D eigenvalue weighted by molar-refractivity contribution is -0.117. The lowest BCUT2D eigenvalue weighted by atomic mass is 10.1. The van der Waals surface area contributed by atoms with Crippen LogP contribution in [0, 0.1) is 0 Å². The standard InChI is InChI=1S/C18H17ClN2OS/c1-21(11-16-8-9-17(19)23-16)12-18(22)20-15-7-6-13-4-2-3-5-14(13)10-15/h2-10H,11-12H2,1H3,(H,20,22). The number of likely N-dealkylation sites (N-methyl/N-ethyl adjacent to an activating group) is 1. The van der Waals surface area contributed by atoms with Gasteiger partial charge >= 0.3 is 0 Å². The summed E-state index contributed by atoms with van der Waals surface area (Å²) in [5.74, 6) is -0.0227. The topological polar surface area (TPSA) is 32.3 Å². The van der Waals surface area contributed by atoms with Gasteiger partial charge in [0.15, 0.2) is 0 Å². The number of rotatable bonds is 5. The summed E-state index contributed by atoms with van der Waals surface area (Å²) in [5.41, 5.74) is 0.821. The van der Waals surface area contributed by atoms with E-state index in [-0.39, 0.29) is 5.91 Å². The van der Waals surface area contributed by atoms with Gasteiger partial charge in [0.05, 0.1) is 10.9 Å². The number of nitrogens with zero attached hydrogens (tertiary/aromatic N) is 1. The fourth-order valence-corrected chi connectivity index (χ4v) is 3.64. The zero-order valence-electron chi connectivity index (χ0n) is 12.8. The molecule has 1 N–H and O–H groups in total. The molecule has 0 radical (unpaired) electrons. The number of carbonyl (C=O) groups excluding carboxylic acids is 1. The van der Waals surface area contributed by atoms with Crippen LogP contribution in [-0.2, 0) is 11.3 Å². The Balaban J connectivity index is 1.59. The van der Waals surface area contributed by atoms with E-state index in [0.29, 0.717) is 13.1 Å². The molecule has 2 aromatic carbocycles. The molecule has 5 heteroatoms. The maximum absolute atomic E-state index is 12.2. The molecule has 0 aliphatic carbocycles. The Bertz CT molecular complexity index is 831. The van der Waals surface area contributed by atoms with Crippen LogP contribution in [0.25, 0.3) is 10.8 Å². The molecule has 0 unspecified atom stereocenters. The van der Waals surface area contributed by atoms with E-state index in [4.69, 9.17) is 11.6 Å². The number of hydrogen-bond donors (Lipinski definition) is 1. The van der Waals surface area contributed by atoms with Crippen LogP contribution in [0.4, 0.5) is 5.69 Å². The van der Waals surface area contributed by atoms with E-state index in [9.17, 15) is 4.79 Å². The maximum atomic E-state index is 12.2. The molecule has 3 rings (SSSR count). The van der Waals surface area contributed by atoms with Gasteiger partial charge in [0, 0.05) is 17.1 Å². The minimum absolute atomic E-state index is 0.0227. The average molecular weight is 345 g/mol. The molecule has 118 valence electrons. The summed E-state index contributed by atoms with van der Waals surface area (Å²) in [6.45, 7) is 1.05. The Kier molecular flexibility index (Phi) is 4.96. The van der Waals surface area contributed by atoms with Crippen LogP contribution in [0.5, 0.6) is 0 Å². The first-order valence-electron chi connectivity index (χ1n) is 7.31. The van der Waals surface area contributed by atoms with E-state index in [1.165, 1.54) is 0 Å². The van der Waals surface area contributed by atoms with Gasteiger partial charge in [-0.3, -0.25) is 9.69 Å². The second-order valence-corrected chi connectivity index (χ2v) is 7.29. The van der Waals surface area contributed by atoms with Crippen LogP contribution in [0.2, 0.25) is 4.34 Å². The molecule has 0 fully saturated rings. The number of nitrogens with one attached hydrogen (secondary N) is 1. The van der Waals surface area contributed by atoms with Crippen molar-refractivity contribution < 1.29 is 4.79 Å². The van der Waals surface area contributed by atoms with Crippen molar-refractivity contribution in [2.75, 3.05) is 18.9 Å². The molecule has 3 nitrogen and oxygen atoms in total. The van der Waals surface area contributed by atoms with Gasteiger partial charge in [-0.2, -0.15) is 0 Å². The molecular formula is C18H17ClN2OS. The number of fused-ring (bicyclic) bond motifs is 1. The molecule has 1 aromatic heterocycles. The van der Waals surface area contributed by atoms with Crippen LogP contribution < -0.4 is 5.32 Å². The summed E-state index contributed by atoms with van der Waals surface area (Å²) in [6.07, 6.45) is 0. The van der Waals surface area contributed by atoms with E-state index in [0.717, 1.165) is 25.7 Å². The first kappa shape index (κ1) is 16.0. The van der Waals surface area contributed by atoms with Gasteiger partial charge in [0.1, 0.15) is 0 Å². The minimum Gasteiger partial charge on any atom is -0.325 e. The SMILES string of the molecule is CN(CC(=O)Nc1ccc2ccccc2c1)Cc1ccc(Cl)s1. The highest BCUT2D eigenvalue weighted by molar-refractivity contribution is 7.16. The van der Waals surface area contributed by atoms with E-state index >= 15 is 0 Å². The van der Waals surface area contributed by atoms with Gasteiger partial charge < -0.3 is 5.32 Å². The average Bonchev–Trinajstić information content (AvgIpc) is 2.91. The van der Waals surface area contributed by atoms with Gasteiger partial charge in [-0.15, -0.1) is 11.3 Å². The first-order valence-corrected chi connectivity index (χ1v) is 8.51. The number of benzene rings is 2. The second-order valence-electron chi connectivity index (χ2n) is 5.49. The Morgan fingerprint density at radius 3 is 2.65 bits per heavy atom. The Labute approximate surface area is 144 Å². The van der Waals surface area contributed by atoms with Crippen LogP contribution in [0.15, 0.2) is 54.6 Å². The summed E-state index contributed by atoms with van der Waals surface area (Å²) in [7, 11) is 1.92. The highest BCUT2D eigenvalue weighted by Gasteiger charge is 2.09. The van der Waals surface area contributed by atoms with E-state index in [1.807, 2.05) is 60.5 Å². The number of carbonyl (C=O) groups is 1. The summed E-state index contributed by atoms with van der Waals surface area (Å²) >= 11 is 7.47. The summed E-state index contributed by atoms with van der Waals surface area (Å²) < 4.78 is 0.772. The normalized spacial score (nSPS) is 11.1. The Morgan fingerprint density at radius 1 is 1.13 bits per heavy atom. The number of thiophene rings is 1. The van der Waals surface area contributed by atoms with Crippen molar-refractivity contribution in [3.8, 4) is 0 Å². The number of amides is 1. The Hall–Kier alpha value is -1.88. The van der Waals surface area contributed by atoms with Crippen molar-refractivity contribution >= 4 is 45.3 Å². The molecule has 0 aliphatic heterocycles. The quantitative estimate of drug-likeness (QED) is 0.732. The lowest BCUT2D eigenvalue weighted by Crippen LogP contribution is -2.29. The van der Waals surface area contributed by atoms with Crippen molar-refractivity contribution in [2.45, 2.75) is 6.54 Å². The molecule has 0 saturated carbocycles. The predicted octanol–water partition coefficient (Wildman–Crippen LogP) is 4.63. The number of halogens is 1. The monoisotopic (exact) mass is 344 g/mol. The molecule has 0 saturated heterocycles. The zero-order valence-corrected chi connectivity index (χ0v) is 14.3. The molecule has 0 spiro atoms. The van der Waals surface area contributed by atoms with Crippen molar-refractivity contribution in [3.05, 3.63) is 63.8 Å². The van der Waals surface area contributed by atoms with Crippen molar-refractivity contribution in [1.29, 1.82) is 0 Å². The van der Waals surface area contributed by atoms with Gasteiger partial charge in [0.25, 0.3) is 0 Å². The van der Waals surface area contributed by atoms with Crippen LogP contribution in [-0.4, -0.2) is 24.4 Å². The van der Waals surface area contributed by atoms with Gasteiger partial charge in [-0.1, -0.05) is 41.9 Å². The van der Waals surface area contributed by atoms with Crippen LogP contribution >= 0.6 is 22.9 Å². The predicted molar refractivity (Wildman–Crippen MR) is 98.2 cm³/mol.